The van der Waals surface area contributed by atoms with Gasteiger partial charge in [0.1, 0.15) is 0 Å². The van der Waals surface area contributed by atoms with Crippen LogP contribution in [-0.4, -0.2) is 12.1 Å². The Labute approximate surface area is 114 Å². The van der Waals surface area contributed by atoms with E-state index in [1.54, 1.807) is 17.6 Å². The van der Waals surface area contributed by atoms with Crippen LogP contribution in [0.25, 0.3) is 0 Å². The predicted octanol–water partition coefficient (Wildman–Crippen LogP) is 3.93. The van der Waals surface area contributed by atoms with Gasteiger partial charge in [0.25, 0.3) is 0 Å². The monoisotopic (exact) mass is 316 g/mol. The third-order valence-electron chi connectivity index (χ3n) is 2.23. The highest BCUT2D eigenvalue weighted by Crippen LogP contribution is 2.20. The van der Waals surface area contributed by atoms with Gasteiger partial charge in [0.15, 0.2) is 0 Å². The number of nitrogens with zero attached hydrogens (tertiary/aromatic N) is 1. The molecule has 1 rings (SSSR count). The van der Waals surface area contributed by atoms with Crippen molar-refractivity contribution in [2.45, 2.75) is 39.0 Å². The van der Waals surface area contributed by atoms with Crippen LogP contribution in [0.4, 0.5) is 0 Å². The number of nitrogens with one attached hydrogen (secondary N) is 1. The fourth-order valence-electron chi connectivity index (χ4n) is 1.33. The van der Waals surface area contributed by atoms with Gasteiger partial charge in [-0.2, -0.15) is 5.10 Å². The Bertz CT molecular complexity index is 376. The molecule has 1 amide bonds. The smallest absolute Gasteiger partial charge is 0.240 e. The number of hydrogen-bond acceptors (Lipinski definition) is 3. The topological polar surface area (TPSA) is 41.5 Å². The second kappa shape index (κ2) is 8.42. The van der Waals surface area contributed by atoms with E-state index in [2.05, 4.69) is 33.4 Å². The first kappa shape index (κ1) is 14.4. The summed E-state index contributed by atoms with van der Waals surface area (Å²) in [5, 5.41) is 3.92. The largest absolute Gasteiger partial charge is 0.273 e. The molecule has 0 atom stereocenters. The maximum atomic E-state index is 11.4. The Hall–Kier alpha value is -0.680. The molecule has 0 fully saturated rings. The van der Waals surface area contributed by atoms with Crippen LogP contribution >= 0.6 is 27.3 Å². The zero-order chi connectivity index (χ0) is 12.5. The van der Waals surface area contributed by atoms with Crippen molar-refractivity contribution < 1.29 is 4.79 Å². The quantitative estimate of drug-likeness (QED) is 0.462. The fourth-order valence-corrected chi connectivity index (χ4v) is 2.63. The minimum Gasteiger partial charge on any atom is -0.273 e. The molecule has 1 heterocycles. The molecule has 0 aliphatic heterocycles. The van der Waals surface area contributed by atoms with Crippen LogP contribution in [0, 0.1) is 0 Å². The molecule has 0 saturated carbocycles. The fraction of sp³-hybridized carbons (Fsp3) is 0.500. The first-order chi connectivity index (χ1) is 8.22. The van der Waals surface area contributed by atoms with Gasteiger partial charge in [-0.1, -0.05) is 26.2 Å². The number of amides is 1. The highest BCUT2D eigenvalue weighted by Gasteiger charge is 1.98. The van der Waals surface area contributed by atoms with E-state index in [1.165, 1.54) is 12.8 Å². The maximum Gasteiger partial charge on any atom is 0.240 e. The lowest BCUT2D eigenvalue weighted by Gasteiger charge is -1.98. The van der Waals surface area contributed by atoms with Gasteiger partial charge in [0.2, 0.25) is 5.91 Å². The molecule has 0 radical (unpaired) electrons. The van der Waals surface area contributed by atoms with Gasteiger partial charge in [0.05, 0.1) is 10.0 Å². The highest BCUT2D eigenvalue weighted by atomic mass is 79.9. The summed E-state index contributed by atoms with van der Waals surface area (Å²) in [7, 11) is 0. The van der Waals surface area contributed by atoms with Crippen LogP contribution in [-0.2, 0) is 4.79 Å². The number of rotatable bonds is 7. The standard InChI is InChI=1S/C12H17BrN2OS/c1-2-3-4-5-6-12(16)15-14-9-10-7-8-11(13)17-10/h7-9H,2-6H2,1H3,(H,15,16)/b14-9-. The first-order valence-corrected chi connectivity index (χ1v) is 7.40. The van der Waals surface area contributed by atoms with Crippen molar-refractivity contribution in [3.8, 4) is 0 Å². The van der Waals surface area contributed by atoms with Crippen molar-refractivity contribution in [1.29, 1.82) is 0 Å². The second-order valence-corrected chi connectivity index (χ2v) is 6.24. The van der Waals surface area contributed by atoms with Crippen LogP contribution in [0.2, 0.25) is 0 Å². The van der Waals surface area contributed by atoms with Crippen molar-refractivity contribution in [3.05, 3.63) is 20.8 Å². The summed E-state index contributed by atoms with van der Waals surface area (Å²) in [5.74, 6) is -0.00650. The van der Waals surface area contributed by atoms with Crippen molar-refractivity contribution in [3.63, 3.8) is 0 Å². The maximum absolute atomic E-state index is 11.4. The Kier molecular flexibility index (Phi) is 7.12. The molecule has 0 spiro atoms. The van der Waals surface area contributed by atoms with Crippen LogP contribution in [0.5, 0.6) is 0 Å². The van der Waals surface area contributed by atoms with Crippen molar-refractivity contribution in [2.75, 3.05) is 0 Å². The van der Waals surface area contributed by atoms with Gasteiger partial charge in [0, 0.05) is 11.3 Å². The molecule has 1 aromatic rings. The van der Waals surface area contributed by atoms with Crippen LogP contribution in [0.15, 0.2) is 21.0 Å². The van der Waals surface area contributed by atoms with Gasteiger partial charge in [-0.3, -0.25) is 4.79 Å². The first-order valence-electron chi connectivity index (χ1n) is 5.79. The van der Waals surface area contributed by atoms with E-state index in [4.69, 9.17) is 0 Å². The molecule has 0 aliphatic rings. The summed E-state index contributed by atoms with van der Waals surface area (Å²) in [6, 6.07) is 3.91. The minimum absolute atomic E-state index is 0.00650. The molecule has 94 valence electrons. The Morgan fingerprint density at radius 3 is 2.94 bits per heavy atom. The van der Waals surface area contributed by atoms with Gasteiger partial charge in [-0.25, -0.2) is 5.43 Å². The zero-order valence-corrected chi connectivity index (χ0v) is 12.3. The summed E-state index contributed by atoms with van der Waals surface area (Å²) in [5.41, 5.74) is 2.54. The number of thiophene rings is 1. The molecular weight excluding hydrogens is 300 g/mol. The second-order valence-electron chi connectivity index (χ2n) is 3.75. The molecule has 0 bridgehead atoms. The summed E-state index contributed by atoms with van der Waals surface area (Å²) >= 11 is 4.95. The molecule has 0 unspecified atom stereocenters. The molecule has 3 nitrogen and oxygen atoms in total. The number of hydrazone groups is 1. The third kappa shape index (κ3) is 6.58. The van der Waals surface area contributed by atoms with E-state index in [0.717, 1.165) is 21.5 Å². The van der Waals surface area contributed by atoms with Crippen LogP contribution in [0.3, 0.4) is 0 Å². The van der Waals surface area contributed by atoms with Gasteiger partial charge < -0.3 is 0 Å². The van der Waals surface area contributed by atoms with Crippen LogP contribution < -0.4 is 5.43 Å². The Balaban J connectivity index is 2.17. The van der Waals surface area contributed by atoms with Crippen molar-refractivity contribution >= 4 is 39.4 Å². The molecule has 0 aliphatic carbocycles. The average molecular weight is 317 g/mol. The van der Waals surface area contributed by atoms with E-state index >= 15 is 0 Å². The summed E-state index contributed by atoms with van der Waals surface area (Å²) in [4.78, 5) is 12.4. The molecule has 0 saturated heterocycles. The minimum atomic E-state index is -0.00650. The van der Waals surface area contributed by atoms with E-state index in [9.17, 15) is 4.79 Å². The normalized spacial score (nSPS) is 10.9. The van der Waals surface area contributed by atoms with Gasteiger partial charge in [-0.05, 0) is 34.5 Å². The lowest BCUT2D eigenvalue weighted by molar-refractivity contribution is -0.121. The number of unbranched alkanes of at least 4 members (excludes halogenated alkanes) is 3. The van der Waals surface area contributed by atoms with Crippen LogP contribution in [0.1, 0.15) is 43.9 Å². The number of halogens is 1. The molecule has 1 aromatic heterocycles. The lowest BCUT2D eigenvalue weighted by atomic mass is 10.1. The summed E-state index contributed by atoms with van der Waals surface area (Å²) in [6.45, 7) is 2.16. The van der Waals surface area contributed by atoms with E-state index < -0.39 is 0 Å². The number of carbonyl (C=O) groups excluding carboxylic acids is 1. The Morgan fingerprint density at radius 1 is 1.47 bits per heavy atom. The summed E-state index contributed by atoms with van der Waals surface area (Å²) in [6.07, 6.45) is 6.67. The molecule has 5 heteroatoms. The molecule has 1 N–H and O–H groups in total. The third-order valence-corrected chi connectivity index (χ3v) is 3.79. The predicted molar refractivity (Wildman–Crippen MR) is 76.5 cm³/mol. The average Bonchev–Trinajstić information content (AvgIpc) is 2.71. The number of hydrogen-bond donors (Lipinski definition) is 1. The van der Waals surface area contributed by atoms with E-state index in [-0.39, 0.29) is 5.91 Å². The summed E-state index contributed by atoms with van der Waals surface area (Å²) < 4.78 is 1.06. The lowest BCUT2D eigenvalue weighted by Crippen LogP contribution is -2.16. The van der Waals surface area contributed by atoms with Crippen molar-refractivity contribution in [2.24, 2.45) is 5.10 Å². The van der Waals surface area contributed by atoms with E-state index in [1.807, 2.05) is 12.1 Å². The SMILES string of the molecule is CCCCCCC(=O)N/N=C\c1ccc(Br)s1. The molecule has 0 aromatic carbocycles. The Morgan fingerprint density at radius 2 is 2.29 bits per heavy atom. The van der Waals surface area contributed by atoms with Gasteiger partial charge >= 0.3 is 0 Å². The van der Waals surface area contributed by atoms with E-state index in [0.29, 0.717) is 6.42 Å². The zero-order valence-electron chi connectivity index (χ0n) is 9.91. The highest BCUT2D eigenvalue weighted by molar-refractivity contribution is 9.11. The number of carbonyl (C=O) groups is 1. The molecular formula is C12H17BrN2OS. The van der Waals surface area contributed by atoms with Crippen molar-refractivity contribution in [1.82, 2.24) is 5.43 Å². The van der Waals surface area contributed by atoms with Gasteiger partial charge in [-0.15, -0.1) is 11.3 Å². The molecule has 17 heavy (non-hydrogen) atoms.